The number of urea groups is 1. The Bertz CT molecular complexity index is 934. The summed E-state index contributed by atoms with van der Waals surface area (Å²) >= 11 is -0.548. The van der Waals surface area contributed by atoms with Crippen LogP contribution in [0.15, 0.2) is 41.3 Å². The third-order valence-electron chi connectivity index (χ3n) is 3.71. The summed E-state index contributed by atoms with van der Waals surface area (Å²) in [6.07, 6.45) is 0. The van der Waals surface area contributed by atoms with E-state index in [9.17, 15) is 35.9 Å². The van der Waals surface area contributed by atoms with Gasteiger partial charge in [0.1, 0.15) is 29.7 Å². The van der Waals surface area contributed by atoms with Gasteiger partial charge in [-0.2, -0.15) is 13.2 Å². The van der Waals surface area contributed by atoms with E-state index in [1.54, 1.807) is 0 Å². The van der Waals surface area contributed by atoms with Gasteiger partial charge in [0, 0.05) is 19.1 Å². The van der Waals surface area contributed by atoms with Crippen LogP contribution in [0.25, 0.3) is 0 Å². The minimum atomic E-state index is -4.64. The molecule has 0 aliphatic rings. The molecular weight excluding hydrogens is 438 g/mol. The highest BCUT2D eigenvalue weighted by Gasteiger charge is 2.32. The monoisotopic (exact) mass is 452 g/mol. The first kappa shape index (κ1) is 23.5. The van der Waals surface area contributed by atoms with E-state index >= 15 is 0 Å². The van der Waals surface area contributed by atoms with Crippen molar-refractivity contribution < 1.29 is 40.7 Å². The fourth-order valence-electron chi connectivity index (χ4n) is 2.41. The van der Waals surface area contributed by atoms with E-state index in [1.807, 2.05) is 0 Å². The van der Waals surface area contributed by atoms with E-state index in [2.05, 4.69) is 0 Å². The van der Waals surface area contributed by atoms with Gasteiger partial charge in [-0.05, 0) is 42.1 Å². The molecule has 0 saturated carbocycles. The Balaban J connectivity index is 2.34. The number of imide groups is 1. The number of carbonyl (C=O) groups excluding carboxylic acids is 2. The summed E-state index contributed by atoms with van der Waals surface area (Å²) in [7, 11) is 2.14. The Morgan fingerprint density at radius 1 is 1.03 bits per heavy atom. The second kappa shape index (κ2) is 9.39. The third kappa shape index (κ3) is 5.45. The van der Waals surface area contributed by atoms with Crippen molar-refractivity contribution in [3.63, 3.8) is 0 Å². The summed E-state index contributed by atoms with van der Waals surface area (Å²) in [5, 5.41) is 0. The Morgan fingerprint density at radius 3 is 2.13 bits per heavy atom. The zero-order valence-corrected chi connectivity index (χ0v) is 16.3. The van der Waals surface area contributed by atoms with Gasteiger partial charge >= 0.3 is 11.5 Å². The number of anilines is 1. The average molecular weight is 452 g/mol. The first-order chi connectivity index (χ1) is 14.0. The lowest BCUT2D eigenvalue weighted by Crippen LogP contribution is -2.46. The number of hydrogen-bond donors (Lipinski definition) is 0. The molecule has 0 aliphatic heterocycles. The van der Waals surface area contributed by atoms with Crippen molar-refractivity contribution in [1.29, 1.82) is 0 Å². The van der Waals surface area contributed by atoms with Gasteiger partial charge in [0.05, 0.1) is 5.69 Å². The second-order valence-electron chi connectivity index (χ2n) is 5.75. The fraction of sp³-hybridized carbons (Fsp3) is 0.222. The molecule has 0 fully saturated rings. The topological polar surface area (TPSA) is 49.9 Å². The van der Waals surface area contributed by atoms with Crippen molar-refractivity contribution in [2.45, 2.75) is 10.4 Å². The normalized spacial score (nSPS) is 11.3. The SMILES string of the molecule is COCN(C(=O)c1c(F)cccc1F)C(=O)N(C)c1ccc(SC(F)(F)F)cc1F. The smallest absolute Gasteiger partial charge is 0.364 e. The Morgan fingerprint density at radius 2 is 1.63 bits per heavy atom. The quantitative estimate of drug-likeness (QED) is 0.363. The number of rotatable bonds is 5. The molecule has 0 aromatic heterocycles. The van der Waals surface area contributed by atoms with E-state index in [4.69, 9.17) is 4.74 Å². The molecule has 0 radical (unpaired) electrons. The number of benzene rings is 2. The lowest BCUT2D eigenvalue weighted by molar-refractivity contribution is -0.0328. The highest BCUT2D eigenvalue weighted by Crippen LogP contribution is 2.38. The molecule has 3 amide bonds. The predicted molar refractivity (Wildman–Crippen MR) is 96.5 cm³/mol. The zero-order chi connectivity index (χ0) is 22.6. The van der Waals surface area contributed by atoms with Crippen molar-refractivity contribution >= 4 is 29.4 Å². The van der Waals surface area contributed by atoms with Crippen molar-refractivity contribution in [2.75, 3.05) is 25.8 Å². The number of hydrogen-bond acceptors (Lipinski definition) is 4. The lowest BCUT2D eigenvalue weighted by Gasteiger charge is -2.26. The molecule has 0 unspecified atom stereocenters. The molecule has 30 heavy (non-hydrogen) atoms. The fourth-order valence-corrected chi connectivity index (χ4v) is 2.97. The van der Waals surface area contributed by atoms with Gasteiger partial charge in [-0.3, -0.25) is 9.69 Å². The number of ether oxygens (including phenoxy) is 1. The van der Waals surface area contributed by atoms with Crippen molar-refractivity contribution in [1.82, 2.24) is 4.90 Å². The van der Waals surface area contributed by atoms with E-state index in [-0.39, 0.29) is 0 Å². The molecule has 0 heterocycles. The van der Waals surface area contributed by atoms with Gasteiger partial charge in [-0.15, -0.1) is 0 Å². The summed E-state index contributed by atoms with van der Waals surface area (Å²) < 4.78 is 84.2. The van der Waals surface area contributed by atoms with Crippen LogP contribution in [0.4, 0.5) is 36.8 Å². The molecule has 0 spiro atoms. The number of thioether (sulfide) groups is 1. The molecule has 5 nitrogen and oxygen atoms in total. The van der Waals surface area contributed by atoms with Crippen molar-refractivity contribution in [3.8, 4) is 0 Å². The van der Waals surface area contributed by atoms with Crippen molar-refractivity contribution in [2.24, 2.45) is 0 Å². The number of amides is 3. The van der Waals surface area contributed by atoms with Gasteiger partial charge in [0.15, 0.2) is 0 Å². The van der Waals surface area contributed by atoms with Crippen LogP contribution in [0.2, 0.25) is 0 Å². The molecule has 0 atom stereocenters. The minimum Gasteiger partial charge on any atom is -0.364 e. The predicted octanol–water partition coefficient (Wildman–Crippen LogP) is 5.02. The highest BCUT2D eigenvalue weighted by molar-refractivity contribution is 8.00. The van der Waals surface area contributed by atoms with Crippen LogP contribution in [0.3, 0.4) is 0 Å². The Hall–Kier alpha value is -2.73. The first-order valence-electron chi connectivity index (χ1n) is 8.04. The van der Waals surface area contributed by atoms with Crippen LogP contribution < -0.4 is 4.90 Å². The van der Waals surface area contributed by atoms with Crippen LogP contribution in [0.5, 0.6) is 0 Å². The maximum absolute atomic E-state index is 14.3. The molecule has 0 saturated heterocycles. The van der Waals surface area contributed by atoms with Gasteiger partial charge in [0.25, 0.3) is 5.91 Å². The Kier molecular flexibility index (Phi) is 7.37. The average Bonchev–Trinajstić information content (AvgIpc) is 2.63. The van der Waals surface area contributed by atoms with Gasteiger partial charge in [0.2, 0.25) is 0 Å². The molecule has 2 rings (SSSR count). The molecule has 2 aromatic rings. The van der Waals surface area contributed by atoms with Crippen LogP contribution >= 0.6 is 11.8 Å². The summed E-state index contributed by atoms with van der Waals surface area (Å²) in [5.41, 5.74) is -6.12. The van der Waals surface area contributed by atoms with E-state index in [0.717, 1.165) is 44.5 Å². The van der Waals surface area contributed by atoms with E-state index in [1.165, 1.54) is 0 Å². The zero-order valence-electron chi connectivity index (χ0n) is 15.5. The largest absolute Gasteiger partial charge is 0.446 e. The third-order valence-corrected chi connectivity index (χ3v) is 4.43. The second-order valence-corrected chi connectivity index (χ2v) is 6.89. The molecular formula is C18H14F6N2O3S. The molecule has 162 valence electrons. The summed E-state index contributed by atoms with van der Waals surface area (Å²) in [6.45, 7) is -0.723. The van der Waals surface area contributed by atoms with Gasteiger partial charge in [-0.1, -0.05) is 6.07 Å². The molecule has 0 N–H and O–H groups in total. The van der Waals surface area contributed by atoms with E-state index in [0.29, 0.717) is 15.9 Å². The number of methoxy groups -OCH3 is 1. The summed E-state index contributed by atoms with van der Waals surface area (Å²) in [4.78, 5) is 25.7. The molecule has 0 aliphatic carbocycles. The maximum Gasteiger partial charge on any atom is 0.446 e. The molecule has 2 aromatic carbocycles. The minimum absolute atomic E-state index is 0.319. The Labute approximate surface area is 171 Å². The van der Waals surface area contributed by atoms with Gasteiger partial charge < -0.3 is 4.74 Å². The van der Waals surface area contributed by atoms with Gasteiger partial charge in [-0.25, -0.2) is 22.9 Å². The van der Waals surface area contributed by atoms with Crippen LogP contribution in [-0.4, -0.2) is 43.2 Å². The number of alkyl halides is 3. The maximum atomic E-state index is 14.3. The number of halogens is 6. The van der Waals surface area contributed by atoms with Crippen LogP contribution in [0, 0.1) is 17.5 Å². The van der Waals surface area contributed by atoms with Crippen molar-refractivity contribution in [3.05, 3.63) is 59.4 Å². The van der Waals surface area contributed by atoms with E-state index < -0.39 is 69.5 Å². The van der Waals surface area contributed by atoms with Crippen LogP contribution in [-0.2, 0) is 4.74 Å². The molecule has 0 bridgehead atoms. The highest BCUT2D eigenvalue weighted by atomic mass is 32.2. The summed E-state index contributed by atoms with van der Waals surface area (Å²) in [6, 6.07) is 3.82. The summed E-state index contributed by atoms with van der Waals surface area (Å²) in [5.74, 6) is -5.01. The molecule has 12 heteroatoms. The standard InChI is InChI=1S/C18H14F6N2O3S/c1-25(14-7-6-10(8-13(14)21)30-18(22,23)24)17(28)26(9-29-2)16(27)15-11(19)4-3-5-12(15)20/h3-8H,9H2,1-2H3. The lowest BCUT2D eigenvalue weighted by atomic mass is 10.1. The first-order valence-corrected chi connectivity index (χ1v) is 8.85. The number of nitrogens with zero attached hydrogens (tertiary/aromatic N) is 2. The number of carbonyl (C=O) groups is 2. The van der Waals surface area contributed by atoms with Crippen LogP contribution in [0.1, 0.15) is 10.4 Å².